The van der Waals surface area contributed by atoms with Crippen LogP contribution in [0.1, 0.15) is 33.6 Å². The van der Waals surface area contributed by atoms with Crippen LogP contribution in [0.15, 0.2) is 10.6 Å². The van der Waals surface area contributed by atoms with Crippen molar-refractivity contribution in [2.45, 2.75) is 33.6 Å². The highest BCUT2D eigenvalue weighted by molar-refractivity contribution is 7.82. The fourth-order valence-electron chi connectivity index (χ4n) is 0.668. The highest BCUT2D eigenvalue weighted by Gasteiger charge is 2.08. The lowest BCUT2D eigenvalue weighted by molar-refractivity contribution is 1.10. The summed E-state index contributed by atoms with van der Waals surface area (Å²) in [7, 11) is 0. The molecular formula is C9H14ClNS. The number of nitrogens with one attached hydrogen (secondary N) is 1. The maximum Gasteiger partial charge on any atom is 0.0864 e. The number of rotatable bonds is 4. The van der Waals surface area contributed by atoms with E-state index in [1.807, 2.05) is 20.8 Å². The third-order valence-corrected chi connectivity index (χ3v) is 2.73. The van der Waals surface area contributed by atoms with E-state index in [2.05, 4.69) is 0 Å². The first-order chi connectivity index (χ1) is 5.54. The van der Waals surface area contributed by atoms with Crippen molar-refractivity contribution in [2.75, 3.05) is 0 Å². The lowest BCUT2D eigenvalue weighted by Gasteiger charge is -2.05. The second-order valence-corrected chi connectivity index (χ2v) is 3.47. The van der Waals surface area contributed by atoms with Crippen LogP contribution in [0.4, 0.5) is 0 Å². The van der Waals surface area contributed by atoms with Crippen molar-refractivity contribution in [3.8, 4) is 0 Å². The van der Waals surface area contributed by atoms with Gasteiger partial charge < -0.3 is 0 Å². The van der Waals surface area contributed by atoms with Crippen LogP contribution in [0, 0.1) is 5.41 Å². The van der Waals surface area contributed by atoms with Crippen molar-refractivity contribution in [1.29, 1.82) is 5.41 Å². The Balaban J connectivity index is 4.60. The third-order valence-electron chi connectivity index (χ3n) is 1.72. The van der Waals surface area contributed by atoms with Crippen molar-refractivity contribution in [3.05, 3.63) is 10.6 Å². The van der Waals surface area contributed by atoms with Gasteiger partial charge in [0.05, 0.1) is 10.7 Å². The molecule has 0 saturated carbocycles. The van der Waals surface area contributed by atoms with Crippen molar-refractivity contribution in [1.82, 2.24) is 0 Å². The summed E-state index contributed by atoms with van der Waals surface area (Å²) in [6, 6.07) is 0. The lowest BCUT2D eigenvalue weighted by atomic mass is 10.1. The fraction of sp³-hybridized carbons (Fsp3) is 0.556. The molecule has 68 valence electrons. The Labute approximate surface area is 84.3 Å². The van der Waals surface area contributed by atoms with Crippen molar-refractivity contribution < 1.29 is 0 Å². The van der Waals surface area contributed by atoms with E-state index >= 15 is 0 Å². The Morgan fingerprint density at radius 3 is 2.17 bits per heavy atom. The molecule has 0 bridgehead atoms. The SMILES string of the molecule is CCC(=S)C(=N)C(Cl)=C(C)CC. The molecule has 0 amide bonds. The van der Waals surface area contributed by atoms with Crippen LogP contribution >= 0.6 is 23.8 Å². The van der Waals surface area contributed by atoms with Gasteiger partial charge in [0.15, 0.2) is 0 Å². The van der Waals surface area contributed by atoms with Gasteiger partial charge in [-0.3, -0.25) is 5.41 Å². The summed E-state index contributed by atoms with van der Waals surface area (Å²) in [6.45, 7) is 5.87. The Kier molecular flexibility index (Phi) is 5.34. The van der Waals surface area contributed by atoms with Crippen LogP contribution < -0.4 is 0 Å². The zero-order valence-electron chi connectivity index (χ0n) is 7.70. The van der Waals surface area contributed by atoms with Crippen molar-refractivity contribution in [2.24, 2.45) is 0 Å². The minimum Gasteiger partial charge on any atom is -0.298 e. The maximum absolute atomic E-state index is 7.60. The largest absolute Gasteiger partial charge is 0.298 e. The Hall–Kier alpha value is -0.210. The van der Waals surface area contributed by atoms with Crippen LogP contribution in [0.2, 0.25) is 0 Å². The molecule has 12 heavy (non-hydrogen) atoms. The molecule has 0 unspecified atom stereocenters. The molecule has 0 heterocycles. The lowest BCUT2D eigenvalue weighted by Crippen LogP contribution is -2.10. The summed E-state index contributed by atoms with van der Waals surface area (Å²) >= 11 is 10.9. The average molecular weight is 204 g/mol. The number of hydrogen-bond acceptors (Lipinski definition) is 2. The number of hydrogen-bond donors (Lipinski definition) is 1. The molecule has 0 spiro atoms. The zero-order valence-corrected chi connectivity index (χ0v) is 9.27. The third kappa shape index (κ3) is 3.03. The van der Waals surface area contributed by atoms with Gasteiger partial charge in [-0.1, -0.05) is 43.2 Å². The molecule has 0 aliphatic heterocycles. The van der Waals surface area contributed by atoms with Crippen molar-refractivity contribution >= 4 is 34.4 Å². The summed E-state index contributed by atoms with van der Waals surface area (Å²) in [5.74, 6) is 0. The van der Waals surface area contributed by atoms with Gasteiger partial charge >= 0.3 is 0 Å². The van der Waals surface area contributed by atoms with Crippen LogP contribution in [0.3, 0.4) is 0 Å². The van der Waals surface area contributed by atoms with Gasteiger partial charge in [-0.15, -0.1) is 0 Å². The molecule has 3 heteroatoms. The molecule has 0 rings (SSSR count). The molecule has 0 radical (unpaired) electrons. The monoisotopic (exact) mass is 203 g/mol. The molecule has 0 aliphatic carbocycles. The second-order valence-electron chi connectivity index (χ2n) is 2.60. The standard InChI is InChI=1S/C9H14ClNS/c1-4-6(3)8(10)9(11)7(12)5-2/h11H,4-5H2,1-3H3. The van der Waals surface area contributed by atoms with E-state index in [1.54, 1.807) is 0 Å². The van der Waals surface area contributed by atoms with Crippen molar-refractivity contribution in [3.63, 3.8) is 0 Å². The van der Waals surface area contributed by atoms with Gasteiger partial charge in [-0.2, -0.15) is 0 Å². The first-order valence-electron chi connectivity index (χ1n) is 4.01. The molecule has 0 aromatic rings. The summed E-state index contributed by atoms with van der Waals surface area (Å²) in [6.07, 6.45) is 1.58. The van der Waals surface area contributed by atoms with E-state index in [1.165, 1.54) is 0 Å². The summed E-state index contributed by atoms with van der Waals surface area (Å²) in [5, 5.41) is 8.12. The molecule has 1 nitrogen and oxygen atoms in total. The van der Waals surface area contributed by atoms with Gasteiger partial charge in [-0.25, -0.2) is 0 Å². The van der Waals surface area contributed by atoms with Gasteiger partial charge in [0.25, 0.3) is 0 Å². The minimum atomic E-state index is 0.313. The highest BCUT2D eigenvalue weighted by atomic mass is 35.5. The van der Waals surface area contributed by atoms with Crippen LogP contribution in [-0.4, -0.2) is 10.6 Å². The Morgan fingerprint density at radius 1 is 1.33 bits per heavy atom. The smallest absolute Gasteiger partial charge is 0.0864 e. The first-order valence-corrected chi connectivity index (χ1v) is 4.80. The minimum absolute atomic E-state index is 0.313. The molecule has 0 aliphatic rings. The van der Waals surface area contributed by atoms with E-state index in [0.717, 1.165) is 12.0 Å². The van der Waals surface area contributed by atoms with E-state index < -0.39 is 0 Å². The predicted octanol–water partition coefficient (Wildman–Crippen LogP) is 3.71. The number of thiocarbonyl (C=S) groups is 1. The number of allylic oxidation sites excluding steroid dienone is 2. The molecule has 0 aromatic carbocycles. The van der Waals surface area contributed by atoms with E-state index in [9.17, 15) is 0 Å². The van der Waals surface area contributed by atoms with Gasteiger partial charge in [0.2, 0.25) is 0 Å². The van der Waals surface area contributed by atoms with E-state index in [4.69, 9.17) is 29.2 Å². The molecule has 0 atom stereocenters. The molecular weight excluding hydrogens is 190 g/mol. The van der Waals surface area contributed by atoms with Gasteiger partial charge in [0, 0.05) is 4.86 Å². The zero-order chi connectivity index (χ0) is 9.72. The maximum atomic E-state index is 7.60. The quantitative estimate of drug-likeness (QED) is 0.547. The van der Waals surface area contributed by atoms with Gasteiger partial charge in [-0.05, 0) is 19.8 Å². The molecule has 1 N–H and O–H groups in total. The highest BCUT2D eigenvalue weighted by Crippen LogP contribution is 2.15. The topological polar surface area (TPSA) is 23.9 Å². The van der Waals surface area contributed by atoms with E-state index in [0.29, 0.717) is 22.0 Å². The summed E-state index contributed by atoms with van der Waals surface area (Å²) in [5.41, 5.74) is 1.34. The predicted molar refractivity (Wildman–Crippen MR) is 59.5 cm³/mol. The van der Waals surface area contributed by atoms with Crippen LogP contribution in [0.5, 0.6) is 0 Å². The molecule has 0 fully saturated rings. The van der Waals surface area contributed by atoms with E-state index in [-0.39, 0.29) is 0 Å². The average Bonchev–Trinajstić information content (AvgIpc) is 2.12. The van der Waals surface area contributed by atoms with Crippen LogP contribution in [-0.2, 0) is 0 Å². The first kappa shape index (κ1) is 11.8. The molecule has 0 saturated heterocycles. The number of halogens is 1. The Bertz CT molecular complexity index is 231. The summed E-state index contributed by atoms with van der Waals surface area (Å²) in [4.78, 5) is 0.632. The van der Waals surface area contributed by atoms with Gasteiger partial charge in [0.1, 0.15) is 0 Å². The van der Waals surface area contributed by atoms with Crippen LogP contribution in [0.25, 0.3) is 0 Å². The fourth-order valence-corrected chi connectivity index (χ4v) is 1.07. The normalized spacial score (nSPS) is 12.3. The summed E-state index contributed by atoms with van der Waals surface area (Å²) < 4.78 is 0. The molecule has 0 aromatic heterocycles. The second kappa shape index (κ2) is 5.44. The Morgan fingerprint density at radius 2 is 1.83 bits per heavy atom.